The van der Waals surface area contributed by atoms with E-state index in [1.165, 1.54) is 0 Å². The standard InChI is InChI=1S/2C3H6OS2.Zn/c2*1-2-4-3(5)6;/h2*2H2,1H3,(H,5,6);/q;;+2. The molecule has 0 atom stereocenters. The van der Waals surface area contributed by atoms with E-state index in [-0.39, 0.29) is 19.5 Å². The average molecular weight is 310 g/mol. The predicted molar refractivity (Wildman–Crippen MR) is 65.5 cm³/mol. The summed E-state index contributed by atoms with van der Waals surface area (Å²) in [4.78, 5) is 0. The van der Waals surface area contributed by atoms with E-state index in [0.29, 0.717) is 22.0 Å². The van der Waals surface area contributed by atoms with Crippen LogP contribution in [0.3, 0.4) is 0 Å². The number of hydrogen-bond acceptors (Lipinski definition) is 4. The monoisotopic (exact) mass is 308 g/mol. The predicted octanol–water partition coefficient (Wildman–Crippen LogP) is -0.130. The Balaban J connectivity index is -0.000000143. The Morgan fingerprint density at radius 2 is 1.23 bits per heavy atom. The molecular weight excluding hydrogens is 298 g/mol. The first-order chi connectivity index (χ1) is 5.54. The second-order valence-corrected chi connectivity index (χ2v) is 3.56. The molecule has 72 valence electrons. The summed E-state index contributed by atoms with van der Waals surface area (Å²) < 4.78 is 9.91. The topological polar surface area (TPSA) is 18.5 Å². The molecule has 0 aromatic heterocycles. The Morgan fingerprint density at radius 1 is 1.00 bits per heavy atom. The zero-order valence-corrected chi connectivity index (χ0v) is 14.0. The normalized spacial score (nSPS) is 7.69. The Bertz CT molecular complexity index is 127. The van der Waals surface area contributed by atoms with Crippen molar-refractivity contribution in [1.82, 2.24) is 0 Å². The minimum absolute atomic E-state index is 0. The molecular formula is C6H12O2S4Zn+2. The molecule has 0 saturated carbocycles. The van der Waals surface area contributed by atoms with Crippen LogP contribution in [0.5, 0.6) is 0 Å². The van der Waals surface area contributed by atoms with E-state index in [0.717, 1.165) is 0 Å². The molecule has 0 fully saturated rings. The zero-order valence-electron chi connectivity index (χ0n) is 7.65. The summed E-state index contributed by atoms with van der Waals surface area (Å²) in [5.74, 6) is 0. The molecule has 7 heteroatoms. The van der Waals surface area contributed by atoms with Gasteiger partial charge in [0.1, 0.15) is 0 Å². The molecule has 0 aromatic rings. The maximum Gasteiger partial charge on any atom is 2.00 e. The largest absolute Gasteiger partial charge is 2.00 e. The molecule has 13 heavy (non-hydrogen) atoms. The summed E-state index contributed by atoms with van der Waals surface area (Å²) in [6, 6.07) is 0. The molecule has 0 aromatic carbocycles. The van der Waals surface area contributed by atoms with Crippen molar-refractivity contribution in [2.75, 3.05) is 13.2 Å². The molecule has 0 heterocycles. The molecule has 0 saturated heterocycles. The van der Waals surface area contributed by atoms with Crippen molar-refractivity contribution in [3.8, 4) is 0 Å². The zero-order chi connectivity index (χ0) is 9.98. The van der Waals surface area contributed by atoms with Gasteiger partial charge in [0, 0.05) is 0 Å². The molecule has 0 aliphatic heterocycles. The third-order valence-corrected chi connectivity index (χ3v) is 1.03. The Morgan fingerprint density at radius 3 is 1.23 bits per heavy atom. The van der Waals surface area contributed by atoms with Crippen LogP contribution < -0.4 is 0 Å². The van der Waals surface area contributed by atoms with Gasteiger partial charge in [-0.2, -0.15) is 0 Å². The van der Waals surface area contributed by atoms with Crippen LogP contribution in [-0.4, -0.2) is 22.0 Å². The molecule has 0 radical (unpaired) electrons. The number of rotatable bonds is 2. The van der Waals surface area contributed by atoms with Crippen molar-refractivity contribution in [3.63, 3.8) is 0 Å². The maximum atomic E-state index is 4.64. The second-order valence-electron chi connectivity index (χ2n) is 1.40. The Labute approximate surface area is 114 Å². The third-order valence-electron chi connectivity index (χ3n) is 0.536. The van der Waals surface area contributed by atoms with E-state index in [4.69, 9.17) is 0 Å². The number of hydrogen-bond donors (Lipinski definition) is 0. The maximum absolute atomic E-state index is 4.64. The molecule has 0 unspecified atom stereocenters. The van der Waals surface area contributed by atoms with Gasteiger partial charge >= 0.3 is 19.5 Å². The first-order valence-electron chi connectivity index (χ1n) is 3.26. The fourth-order valence-corrected chi connectivity index (χ4v) is 0.741. The van der Waals surface area contributed by atoms with Crippen molar-refractivity contribution in [3.05, 3.63) is 0 Å². The summed E-state index contributed by atoms with van der Waals surface area (Å²) in [5.41, 5.74) is 0. The molecule has 0 spiro atoms. The van der Waals surface area contributed by atoms with Gasteiger partial charge < -0.3 is 34.7 Å². The van der Waals surface area contributed by atoms with Gasteiger partial charge in [-0.15, -0.1) is 0 Å². The van der Waals surface area contributed by atoms with E-state index >= 15 is 0 Å². The number of thiol groups is 2. The van der Waals surface area contributed by atoms with Gasteiger partial charge in [-0.1, -0.05) is 0 Å². The fourth-order valence-electron chi connectivity index (χ4n) is 0.247. The SMILES string of the molecule is CCOC([S-])=[SH+].CCOC([S-])=[SH+].[Zn+2]. The second kappa shape index (κ2) is 15.9. The molecule has 0 aliphatic carbocycles. The van der Waals surface area contributed by atoms with Crippen LogP contribution in [0.2, 0.25) is 0 Å². The van der Waals surface area contributed by atoms with Crippen LogP contribution >= 0.6 is 0 Å². The Kier molecular flexibility index (Phi) is 24.3. The van der Waals surface area contributed by atoms with Gasteiger partial charge in [-0.05, 0) is 13.8 Å². The van der Waals surface area contributed by atoms with Crippen LogP contribution in [0.1, 0.15) is 13.8 Å². The van der Waals surface area contributed by atoms with Crippen LogP contribution in [0.4, 0.5) is 0 Å². The molecule has 0 N–H and O–H groups in total. The quantitative estimate of drug-likeness (QED) is 0.232. The van der Waals surface area contributed by atoms with Gasteiger partial charge in [0.15, 0.2) is 33.2 Å². The van der Waals surface area contributed by atoms with Crippen LogP contribution in [0, 0.1) is 0 Å². The van der Waals surface area contributed by atoms with Gasteiger partial charge in [0.05, 0.1) is 13.2 Å². The summed E-state index contributed by atoms with van der Waals surface area (Å²) in [6.07, 6.45) is 0. The summed E-state index contributed by atoms with van der Waals surface area (Å²) >= 11 is 16.2. The fraction of sp³-hybridized carbons (Fsp3) is 0.667. The molecule has 0 bridgehead atoms. The van der Waals surface area contributed by atoms with Crippen LogP contribution in [0.15, 0.2) is 0 Å². The minimum Gasteiger partial charge on any atom is -0.665 e. The van der Waals surface area contributed by atoms with E-state index in [9.17, 15) is 0 Å². The van der Waals surface area contributed by atoms with Crippen molar-refractivity contribution in [1.29, 1.82) is 0 Å². The van der Waals surface area contributed by atoms with E-state index in [1.54, 1.807) is 0 Å². The first kappa shape index (κ1) is 19.9. The van der Waals surface area contributed by atoms with E-state index in [2.05, 4.69) is 59.2 Å². The average Bonchev–Trinajstić information content (AvgIpc) is 1.87. The summed E-state index contributed by atoms with van der Waals surface area (Å²) in [5, 5.41) is 0. The molecule has 0 aliphatic rings. The van der Waals surface area contributed by atoms with Gasteiger partial charge in [-0.3, -0.25) is 0 Å². The van der Waals surface area contributed by atoms with Gasteiger partial charge in [0.25, 0.3) is 0 Å². The van der Waals surface area contributed by atoms with Crippen LogP contribution in [0.25, 0.3) is 0 Å². The van der Waals surface area contributed by atoms with Gasteiger partial charge in [-0.25, -0.2) is 0 Å². The van der Waals surface area contributed by atoms with Crippen molar-refractivity contribution in [2.45, 2.75) is 13.8 Å². The summed E-state index contributed by atoms with van der Waals surface area (Å²) in [7, 11) is 0. The van der Waals surface area contributed by atoms with Crippen molar-refractivity contribution in [2.24, 2.45) is 0 Å². The van der Waals surface area contributed by atoms with Gasteiger partial charge in [0.2, 0.25) is 0 Å². The smallest absolute Gasteiger partial charge is 0.665 e. The van der Waals surface area contributed by atoms with Crippen LogP contribution in [-0.2, 0) is 78.6 Å². The van der Waals surface area contributed by atoms with Crippen molar-refractivity contribution >= 4 is 58.5 Å². The van der Waals surface area contributed by atoms with E-state index < -0.39 is 0 Å². The molecule has 2 nitrogen and oxygen atoms in total. The minimum atomic E-state index is 0. The van der Waals surface area contributed by atoms with E-state index in [1.807, 2.05) is 13.8 Å². The molecule has 0 amide bonds. The summed E-state index contributed by atoms with van der Waals surface area (Å²) in [6.45, 7) is 4.95. The van der Waals surface area contributed by atoms with Crippen molar-refractivity contribution < 1.29 is 29.0 Å². The first-order valence-corrected chi connectivity index (χ1v) is 4.97. The molecule has 0 rings (SSSR count). The Hall–Kier alpha value is 1.42. The number of ether oxygens (including phenoxy) is 2. The third kappa shape index (κ3) is 31.8.